The highest BCUT2D eigenvalue weighted by atomic mass is 32.2. The largest absolute Gasteiger partial charge is 0.393 e. The van der Waals surface area contributed by atoms with Crippen molar-refractivity contribution < 1.29 is 13.5 Å². The number of aromatic amines is 1. The van der Waals surface area contributed by atoms with Gasteiger partial charge in [-0.05, 0) is 25.7 Å². The molecule has 0 aliphatic heterocycles. The molecule has 1 saturated carbocycles. The van der Waals surface area contributed by atoms with Crippen molar-refractivity contribution in [2.45, 2.75) is 37.2 Å². The number of rotatable bonds is 4. The second-order valence-corrected chi connectivity index (χ2v) is 6.20. The van der Waals surface area contributed by atoms with E-state index in [0.717, 1.165) is 19.3 Å². The molecule has 1 fully saturated rings. The molecule has 1 aromatic heterocycles. The average molecular weight is 259 g/mol. The van der Waals surface area contributed by atoms with Gasteiger partial charge in [-0.15, -0.1) is 0 Å². The van der Waals surface area contributed by atoms with E-state index in [1.807, 2.05) is 0 Å². The van der Waals surface area contributed by atoms with Crippen LogP contribution in [0.1, 0.15) is 25.0 Å². The number of hydrogen-bond acceptors (Lipinski definition) is 4. The maximum atomic E-state index is 11.9. The van der Waals surface area contributed by atoms with E-state index in [9.17, 15) is 13.5 Å². The first-order valence-electron chi connectivity index (χ1n) is 5.68. The van der Waals surface area contributed by atoms with Gasteiger partial charge in [0.1, 0.15) is 4.90 Å². The Morgan fingerprint density at radius 2 is 2.35 bits per heavy atom. The highest BCUT2D eigenvalue weighted by Crippen LogP contribution is 2.25. The lowest BCUT2D eigenvalue weighted by atomic mass is 10.1. The Morgan fingerprint density at radius 3 is 2.88 bits per heavy atom. The lowest BCUT2D eigenvalue weighted by molar-refractivity contribution is 0.134. The van der Waals surface area contributed by atoms with Crippen LogP contribution in [0.2, 0.25) is 0 Å². The Morgan fingerprint density at radius 1 is 1.59 bits per heavy atom. The van der Waals surface area contributed by atoms with Crippen LogP contribution in [0.4, 0.5) is 0 Å². The average Bonchev–Trinajstić information content (AvgIpc) is 2.85. The minimum absolute atomic E-state index is 0.0250. The summed E-state index contributed by atoms with van der Waals surface area (Å²) in [6, 6.07) is 0. The Hall–Kier alpha value is -0.920. The molecule has 0 saturated heterocycles. The first-order chi connectivity index (χ1) is 8.00. The van der Waals surface area contributed by atoms with Gasteiger partial charge in [-0.3, -0.25) is 5.10 Å². The fourth-order valence-corrected chi connectivity index (χ4v) is 3.39. The summed E-state index contributed by atoms with van der Waals surface area (Å²) in [5.74, 6) is 0.0250. The molecule has 0 spiro atoms. The number of nitrogens with zero attached hydrogens (tertiary/aromatic N) is 1. The van der Waals surface area contributed by atoms with Crippen molar-refractivity contribution in [3.05, 3.63) is 11.9 Å². The number of aliphatic hydroxyl groups is 1. The summed E-state index contributed by atoms with van der Waals surface area (Å²) in [4.78, 5) is 0.171. The lowest BCUT2D eigenvalue weighted by Crippen LogP contribution is -2.32. The molecule has 96 valence electrons. The Kier molecular flexibility index (Phi) is 3.50. The van der Waals surface area contributed by atoms with Gasteiger partial charge in [0.05, 0.1) is 18.0 Å². The van der Waals surface area contributed by atoms with Crippen LogP contribution in [0.3, 0.4) is 0 Å². The van der Waals surface area contributed by atoms with Gasteiger partial charge in [0.15, 0.2) is 0 Å². The van der Waals surface area contributed by atoms with Gasteiger partial charge < -0.3 is 5.11 Å². The van der Waals surface area contributed by atoms with Crippen molar-refractivity contribution in [3.63, 3.8) is 0 Å². The molecular weight excluding hydrogens is 242 g/mol. The number of sulfonamides is 1. The van der Waals surface area contributed by atoms with Crippen LogP contribution in [0, 0.1) is 12.8 Å². The van der Waals surface area contributed by atoms with Crippen LogP contribution in [-0.2, 0) is 10.0 Å². The summed E-state index contributed by atoms with van der Waals surface area (Å²) in [6.45, 7) is 1.94. The number of nitrogens with one attached hydrogen (secondary N) is 2. The molecule has 1 heterocycles. The highest BCUT2D eigenvalue weighted by molar-refractivity contribution is 7.89. The molecule has 2 rings (SSSR count). The first-order valence-corrected chi connectivity index (χ1v) is 7.17. The molecule has 2 atom stereocenters. The Balaban J connectivity index is 2.01. The van der Waals surface area contributed by atoms with Crippen LogP contribution in [0.15, 0.2) is 11.1 Å². The number of aliphatic hydroxyl groups excluding tert-OH is 1. The second-order valence-electron chi connectivity index (χ2n) is 4.47. The van der Waals surface area contributed by atoms with Crippen LogP contribution in [-0.4, -0.2) is 36.4 Å². The minimum Gasteiger partial charge on any atom is -0.393 e. The predicted octanol–water partition coefficient (Wildman–Crippen LogP) is 0.157. The molecule has 7 heteroatoms. The summed E-state index contributed by atoms with van der Waals surface area (Å²) in [5.41, 5.74) is 0.518. The van der Waals surface area contributed by atoms with E-state index in [0.29, 0.717) is 5.69 Å². The maximum absolute atomic E-state index is 11.9. The van der Waals surface area contributed by atoms with Crippen LogP contribution < -0.4 is 4.72 Å². The zero-order chi connectivity index (χ0) is 12.5. The minimum atomic E-state index is -3.51. The van der Waals surface area contributed by atoms with E-state index >= 15 is 0 Å². The zero-order valence-electron chi connectivity index (χ0n) is 9.68. The first kappa shape index (κ1) is 12.5. The van der Waals surface area contributed by atoms with Gasteiger partial charge in [-0.25, -0.2) is 13.1 Å². The van der Waals surface area contributed by atoms with E-state index in [-0.39, 0.29) is 23.5 Å². The molecule has 3 N–H and O–H groups in total. The third kappa shape index (κ3) is 2.67. The summed E-state index contributed by atoms with van der Waals surface area (Å²) in [7, 11) is -3.51. The van der Waals surface area contributed by atoms with E-state index in [1.165, 1.54) is 6.20 Å². The molecule has 1 aliphatic rings. The molecule has 0 radical (unpaired) electrons. The van der Waals surface area contributed by atoms with Crippen molar-refractivity contribution >= 4 is 10.0 Å². The van der Waals surface area contributed by atoms with Crippen molar-refractivity contribution in [1.82, 2.24) is 14.9 Å². The molecule has 2 unspecified atom stereocenters. The summed E-state index contributed by atoms with van der Waals surface area (Å²) in [5, 5.41) is 15.9. The Bertz CT molecular complexity index is 483. The third-order valence-corrected chi connectivity index (χ3v) is 4.77. The standard InChI is InChI=1S/C10H17N3O3S/c1-7-10(6-11-13-7)17(15,16)12-5-8-3-2-4-9(8)14/h6,8-9,12,14H,2-5H2,1H3,(H,11,13). The third-order valence-electron chi connectivity index (χ3n) is 3.23. The fraction of sp³-hybridized carbons (Fsp3) is 0.700. The topological polar surface area (TPSA) is 95.1 Å². The molecule has 6 nitrogen and oxygen atoms in total. The fourth-order valence-electron chi connectivity index (χ4n) is 2.16. The van der Waals surface area contributed by atoms with Crippen LogP contribution in [0.5, 0.6) is 0 Å². The molecule has 0 bridgehead atoms. The quantitative estimate of drug-likeness (QED) is 0.717. The second kappa shape index (κ2) is 4.75. The normalized spacial score (nSPS) is 25.3. The van der Waals surface area contributed by atoms with Gasteiger partial charge in [-0.2, -0.15) is 5.10 Å². The lowest BCUT2D eigenvalue weighted by Gasteiger charge is -2.14. The van der Waals surface area contributed by atoms with E-state index in [1.54, 1.807) is 6.92 Å². The number of aromatic nitrogens is 2. The zero-order valence-corrected chi connectivity index (χ0v) is 10.5. The highest BCUT2D eigenvalue weighted by Gasteiger charge is 2.27. The number of H-pyrrole nitrogens is 1. The van der Waals surface area contributed by atoms with Gasteiger partial charge in [-0.1, -0.05) is 6.42 Å². The molecule has 1 aromatic rings. The van der Waals surface area contributed by atoms with Gasteiger partial charge >= 0.3 is 0 Å². The maximum Gasteiger partial charge on any atom is 0.243 e. The van der Waals surface area contributed by atoms with E-state index in [4.69, 9.17) is 0 Å². The van der Waals surface area contributed by atoms with Crippen molar-refractivity contribution in [3.8, 4) is 0 Å². The predicted molar refractivity (Wildman–Crippen MR) is 61.9 cm³/mol. The Labute approximate surface area is 100 Å². The SMILES string of the molecule is Cc1[nH]ncc1S(=O)(=O)NCC1CCCC1O. The van der Waals surface area contributed by atoms with Crippen molar-refractivity contribution in [1.29, 1.82) is 0 Å². The molecular formula is C10H17N3O3S. The number of hydrogen-bond donors (Lipinski definition) is 3. The smallest absolute Gasteiger partial charge is 0.243 e. The molecule has 1 aliphatic carbocycles. The monoisotopic (exact) mass is 259 g/mol. The van der Waals surface area contributed by atoms with E-state index in [2.05, 4.69) is 14.9 Å². The van der Waals surface area contributed by atoms with Gasteiger partial charge in [0.25, 0.3) is 0 Å². The molecule has 0 amide bonds. The summed E-state index contributed by atoms with van der Waals surface area (Å²) >= 11 is 0. The number of aryl methyl sites for hydroxylation is 1. The van der Waals surface area contributed by atoms with Crippen molar-refractivity contribution in [2.75, 3.05) is 6.54 Å². The summed E-state index contributed by atoms with van der Waals surface area (Å²) in [6.07, 6.45) is 3.50. The molecule has 17 heavy (non-hydrogen) atoms. The summed E-state index contributed by atoms with van der Waals surface area (Å²) < 4.78 is 26.4. The van der Waals surface area contributed by atoms with Crippen LogP contribution >= 0.6 is 0 Å². The van der Waals surface area contributed by atoms with Gasteiger partial charge in [0, 0.05) is 6.54 Å². The molecule has 0 aromatic carbocycles. The van der Waals surface area contributed by atoms with Crippen LogP contribution in [0.25, 0.3) is 0 Å². The van der Waals surface area contributed by atoms with Gasteiger partial charge in [0.2, 0.25) is 10.0 Å². The van der Waals surface area contributed by atoms with Crippen molar-refractivity contribution in [2.24, 2.45) is 5.92 Å². The van der Waals surface area contributed by atoms with E-state index < -0.39 is 10.0 Å².